The standard InChI is InChI=1S/C18H17N3OS/c1-11-4-7-14(8-5-11)16-13(3)23-18(20-16)21-17(22)15-9-6-12(2)19-10-15/h4-10H,1-3H3,(H,20,21,22). The predicted molar refractivity (Wildman–Crippen MR) is 94.0 cm³/mol. The SMILES string of the molecule is Cc1ccc(-c2nc(NC(=O)c3ccc(C)nc3)sc2C)cc1. The second-order valence-electron chi connectivity index (χ2n) is 5.43. The molecule has 0 aliphatic carbocycles. The van der Waals surface area contributed by atoms with Gasteiger partial charge in [0.2, 0.25) is 0 Å². The third-order valence-electron chi connectivity index (χ3n) is 3.52. The van der Waals surface area contributed by atoms with Crippen molar-refractivity contribution in [2.24, 2.45) is 0 Å². The molecule has 0 aliphatic rings. The number of hydrogen-bond donors (Lipinski definition) is 1. The molecule has 0 saturated carbocycles. The number of aryl methyl sites for hydroxylation is 3. The van der Waals surface area contributed by atoms with E-state index in [9.17, 15) is 4.79 Å². The first-order chi connectivity index (χ1) is 11.0. The average Bonchev–Trinajstić information content (AvgIpc) is 2.89. The lowest BCUT2D eigenvalue weighted by molar-refractivity contribution is 0.102. The maximum Gasteiger partial charge on any atom is 0.259 e. The highest BCUT2D eigenvalue weighted by atomic mass is 32.1. The summed E-state index contributed by atoms with van der Waals surface area (Å²) in [7, 11) is 0. The Bertz CT molecular complexity index is 836. The van der Waals surface area contributed by atoms with Crippen molar-refractivity contribution in [2.75, 3.05) is 5.32 Å². The third-order valence-corrected chi connectivity index (χ3v) is 4.40. The van der Waals surface area contributed by atoms with Gasteiger partial charge in [-0.15, -0.1) is 11.3 Å². The van der Waals surface area contributed by atoms with E-state index in [1.54, 1.807) is 12.3 Å². The molecule has 0 spiro atoms. The number of nitrogens with one attached hydrogen (secondary N) is 1. The summed E-state index contributed by atoms with van der Waals surface area (Å²) in [5.74, 6) is -0.193. The summed E-state index contributed by atoms with van der Waals surface area (Å²) in [6, 6.07) is 11.8. The number of rotatable bonds is 3. The van der Waals surface area contributed by atoms with E-state index >= 15 is 0 Å². The van der Waals surface area contributed by atoms with Gasteiger partial charge in [-0.05, 0) is 32.9 Å². The van der Waals surface area contributed by atoms with Gasteiger partial charge in [-0.25, -0.2) is 4.98 Å². The fraction of sp³-hybridized carbons (Fsp3) is 0.167. The Kier molecular flexibility index (Phi) is 4.21. The van der Waals surface area contributed by atoms with Gasteiger partial charge in [-0.3, -0.25) is 15.1 Å². The zero-order valence-electron chi connectivity index (χ0n) is 13.3. The van der Waals surface area contributed by atoms with Crippen molar-refractivity contribution in [1.29, 1.82) is 0 Å². The second kappa shape index (κ2) is 6.30. The zero-order valence-corrected chi connectivity index (χ0v) is 14.1. The van der Waals surface area contributed by atoms with E-state index in [-0.39, 0.29) is 5.91 Å². The lowest BCUT2D eigenvalue weighted by Gasteiger charge is -2.01. The monoisotopic (exact) mass is 323 g/mol. The molecule has 1 amide bonds. The third kappa shape index (κ3) is 3.46. The Balaban J connectivity index is 1.82. The van der Waals surface area contributed by atoms with Crippen LogP contribution in [-0.2, 0) is 0 Å². The number of nitrogens with zero attached hydrogens (tertiary/aromatic N) is 2. The average molecular weight is 323 g/mol. The number of carbonyl (C=O) groups excluding carboxylic acids is 1. The van der Waals surface area contributed by atoms with Crippen LogP contribution in [0.3, 0.4) is 0 Å². The first-order valence-electron chi connectivity index (χ1n) is 7.31. The van der Waals surface area contributed by atoms with Crippen molar-refractivity contribution in [1.82, 2.24) is 9.97 Å². The molecule has 3 aromatic rings. The van der Waals surface area contributed by atoms with Gasteiger partial charge in [0.1, 0.15) is 0 Å². The van der Waals surface area contributed by atoms with E-state index in [2.05, 4.69) is 34.3 Å². The Hall–Kier alpha value is -2.53. The highest BCUT2D eigenvalue weighted by molar-refractivity contribution is 7.16. The molecule has 0 unspecified atom stereocenters. The lowest BCUT2D eigenvalue weighted by Crippen LogP contribution is -2.12. The molecule has 116 valence electrons. The molecule has 2 aromatic heterocycles. The van der Waals surface area contributed by atoms with Crippen molar-refractivity contribution in [3.05, 3.63) is 64.3 Å². The van der Waals surface area contributed by atoms with E-state index in [0.717, 1.165) is 21.8 Å². The van der Waals surface area contributed by atoms with Gasteiger partial charge in [-0.1, -0.05) is 29.8 Å². The molecule has 1 aromatic carbocycles. The van der Waals surface area contributed by atoms with E-state index < -0.39 is 0 Å². The number of anilines is 1. The van der Waals surface area contributed by atoms with Crippen molar-refractivity contribution < 1.29 is 4.79 Å². The number of thiazole rings is 1. The van der Waals surface area contributed by atoms with Crippen LogP contribution in [0.15, 0.2) is 42.6 Å². The van der Waals surface area contributed by atoms with Crippen LogP contribution < -0.4 is 5.32 Å². The molecule has 5 heteroatoms. The lowest BCUT2D eigenvalue weighted by atomic mass is 10.1. The number of amides is 1. The molecule has 0 atom stereocenters. The predicted octanol–water partition coefficient (Wildman–Crippen LogP) is 4.38. The summed E-state index contributed by atoms with van der Waals surface area (Å²) in [4.78, 5) is 22.0. The first-order valence-corrected chi connectivity index (χ1v) is 8.13. The number of hydrogen-bond acceptors (Lipinski definition) is 4. The minimum absolute atomic E-state index is 0.193. The highest BCUT2D eigenvalue weighted by Crippen LogP contribution is 2.30. The molecule has 0 aliphatic heterocycles. The summed E-state index contributed by atoms with van der Waals surface area (Å²) in [5, 5.41) is 3.45. The molecule has 4 nitrogen and oxygen atoms in total. The van der Waals surface area contributed by atoms with Crippen LogP contribution in [0.1, 0.15) is 26.5 Å². The molecular weight excluding hydrogens is 306 g/mol. The fourth-order valence-corrected chi connectivity index (χ4v) is 3.03. The van der Waals surface area contributed by atoms with Crippen LogP contribution in [0.25, 0.3) is 11.3 Å². The Morgan fingerprint density at radius 2 is 1.78 bits per heavy atom. The van der Waals surface area contributed by atoms with Gasteiger partial charge >= 0.3 is 0 Å². The molecule has 1 N–H and O–H groups in total. The van der Waals surface area contributed by atoms with Crippen LogP contribution in [-0.4, -0.2) is 15.9 Å². The Labute approximate surface area is 139 Å². The zero-order chi connectivity index (χ0) is 16.4. The van der Waals surface area contributed by atoms with E-state index in [1.165, 1.54) is 16.9 Å². The van der Waals surface area contributed by atoms with Gasteiger partial charge < -0.3 is 0 Å². The van der Waals surface area contributed by atoms with Gasteiger partial charge in [0, 0.05) is 22.3 Å². The quantitative estimate of drug-likeness (QED) is 0.778. The minimum Gasteiger partial charge on any atom is -0.298 e. The molecule has 3 rings (SSSR count). The minimum atomic E-state index is -0.193. The Morgan fingerprint density at radius 3 is 2.43 bits per heavy atom. The smallest absolute Gasteiger partial charge is 0.259 e. The molecule has 0 saturated heterocycles. The number of pyridine rings is 1. The fourth-order valence-electron chi connectivity index (χ4n) is 2.20. The van der Waals surface area contributed by atoms with Gasteiger partial charge in [0.15, 0.2) is 5.13 Å². The first kappa shape index (κ1) is 15.4. The van der Waals surface area contributed by atoms with E-state index in [4.69, 9.17) is 0 Å². The van der Waals surface area contributed by atoms with E-state index in [1.807, 2.05) is 32.0 Å². The summed E-state index contributed by atoms with van der Waals surface area (Å²) in [5.41, 5.74) is 4.59. The van der Waals surface area contributed by atoms with Gasteiger partial charge in [0.25, 0.3) is 5.91 Å². The van der Waals surface area contributed by atoms with Crippen molar-refractivity contribution in [3.8, 4) is 11.3 Å². The molecule has 0 radical (unpaired) electrons. The maximum atomic E-state index is 12.2. The van der Waals surface area contributed by atoms with Crippen LogP contribution in [0.4, 0.5) is 5.13 Å². The van der Waals surface area contributed by atoms with Gasteiger partial charge in [0.05, 0.1) is 11.3 Å². The van der Waals surface area contributed by atoms with Crippen LogP contribution in [0.5, 0.6) is 0 Å². The number of aromatic nitrogens is 2. The van der Waals surface area contributed by atoms with Crippen molar-refractivity contribution >= 4 is 22.4 Å². The van der Waals surface area contributed by atoms with Crippen molar-refractivity contribution in [2.45, 2.75) is 20.8 Å². The molecule has 0 fully saturated rings. The summed E-state index contributed by atoms with van der Waals surface area (Å²) >= 11 is 1.48. The number of carbonyl (C=O) groups is 1. The van der Waals surface area contributed by atoms with E-state index in [0.29, 0.717) is 10.7 Å². The van der Waals surface area contributed by atoms with Crippen LogP contribution >= 0.6 is 11.3 Å². The van der Waals surface area contributed by atoms with Crippen LogP contribution in [0, 0.1) is 20.8 Å². The normalized spacial score (nSPS) is 10.6. The second-order valence-corrected chi connectivity index (χ2v) is 6.64. The number of benzene rings is 1. The summed E-state index contributed by atoms with van der Waals surface area (Å²) in [6.07, 6.45) is 1.58. The largest absolute Gasteiger partial charge is 0.298 e. The Morgan fingerprint density at radius 1 is 1.04 bits per heavy atom. The van der Waals surface area contributed by atoms with Gasteiger partial charge in [-0.2, -0.15) is 0 Å². The maximum absolute atomic E-state index is 12.2. The van der Waals surface area contributed by atoms with Crippen LogP contribution in [0.2, 0.25) is 0 Å². The summed E-state index contributed by atoms with van der Waals surface area (Å²) in [6.45, 7) is 5.95. The molecular formula is C18H17N3OS. The highest BCUT2D eigenvalue weighted by Gasteiger charge is 2.13. The topological polar surface area (TPSA) is 54.9 Å². The van der Waals surface area contributed by atoms with Crippen molar-refractivity contribution in [3.63, 3.8) is 0 Å². The molecule has 23 heavy (non-hydrogen) atoms. The molecule has 2 heterocycles. The summed E-state index contributed by atoms with van der Waals surface area (Å²) < 4.78 is 0. The molecule has 0 bridgehead atoms.